The normalized spacial score (nSPS) is 17.5. The van der Waals surface area contributed by atoms with Crippen molar-refractivity contribution in [1.29, 1.82) is 0 Å². The number of fused-ring (bicyclic) bond motifs is 1. The van der Waals surface area contributed by atoms with Gasteiger partial charge in [0.25, 0.3) is 0 Å². The molecular formula is C18H25N3O6. The Kier molecular flexibility index (Phi) is 6.86. The second-order valence-corrected chi connectivity index (χ2v) is 6.47. The number of nitrogens with zero attached hydrogens (tertiary/aromatic N) is 1. The van der Waals surface area contributed by atoms with Gasteiger partial charge < -0.3 is 30.0 Å². The number of morpholine rings is 1. The van der Waals surface area contributed by atoms with Crippen molar-refractivity contribution in [3.63, 3.8) is 0 Å². The topological polar surface area (TPSA) is 109 Å². The number of aliphatic carboxylic acids is 1. The lowest BCUT2D eigenvalue weighted by atomic mass is 10.2. The second kappa shape index (κ2) is 9.54. The van der Waals surface area contributed by atoms with Gasteiger partial charge in [0.2, 0.25) is 12.7 Å². The van der Waals surface area contributed by atoms with Gasteiger partial charge in [-0.3, -0.25) is 14.5 Å². The number of nitrogens with one attached hydrogen (secondary N) is 2. The first kappa shape index (κ1) is 19.4. The van der Waals surface area contributed by atoms with Crippen molar-refractivity contribution < 1.29 is 28.9 Å². The van der Waals surface area contributed by atoms with Crippen molar-refractivity contribution in [2.24, 2.45) is 0 Å². The van der Waals surface area contributed by atoms with Crippen LogP contribution < -0.4 is 20.1 Å². The molecule has 0 unspecified atom stereocenters. The summed E-state index contributed by atoms with van der Waals surface area (Å²) < 4.78 is 15.8. The molecule has 27 heavy (non-hydrogen) atoms. The van der Waals surface area contributed by atoms with E-state index < -0.39 is 12.0 Å². The van der Waals surface area contributed by atoms with Crippen LogP contribution in [-0.4, -0.2) is 74.1 Å². The first-order valence-electron chi connectivity index (χ1n) is 9.07. The molecule has 1 saturated heterocycles. The molecule has 0 aliphatic carbocycles. The first-order chi connectivity index (χ1) is 13.1. The third kappa shape index (κ3) is 5.81. The van der Waals surface area contributed by atoms with Gasteiger partial charge in [-0.15, -0.1) is 0 Å². The maximum absolute atomic E-state index is 12.2. The smallest absolute Gasteiger partial charge is 0.321 e. The Morgan fingerprint density at radius 1 is 1.19 bits per heavy atom. The molecule has 3 N–H and O–H groups in total. The Labute approximate surface area is 157 Å². The van der Waals surface area contributed by atoms with Gasteiger partial charge in [0.1, 0.15) is 6.04 Å². The molecule has 2 heterocycles. The van der Waals surface area contributed by atoms with Crippen LogP contribution in [0.15, 0.2) is 18.2 Å². The molecule has 0 radical (unpaired) electrons. The predicted octanol–water partition coefficient (Wildman–Crippen LogP) is 0.509. The van der Waals surface area contributed by atoms with Crippen molar-refractivity contribution in [3.05, 3.63) is 18.2 Å². The van der Waals surface area contributed by atoms with E-state index in [4.69, 9.17) is 14.2 Å². The maximum atomic E-state index is 12.2. The fourth-order valence-electron chi connectivity index (χ4n) is 3.02. The number of benzene rings is 1. The molecule has 1 atom stereocenters. The largest absolute Gasteiger partial charge is 0.480 e. The van der Waals surface area contributed by atoms with Crippen molar-refractivity contribution in [3.8, 4) is 11.5 Å². The van der Waals surface area contributed by atoms with E-state index in [1.807, 2.05) is 0 Å². The summed E-state index contributed by atoms with van der Waals surface area (Å²) in [5.41, 5.74) is 0.542. The van der Waals surface area contributed by atoms with Gasteiger partial charge in [0.05, 0.1) is 19.6 Å². The third-order valence-corrected chi connectivity index (χ3v) is 4.49. The Morgan fingerprint density at radius 3 is 2.74 bits per heavy atom. The quantitative estimate of drug-likeness (QED) is 0.533. The van der Waals surface area contributed by atoms with Crippen LogP contribution in [0, 0.1) is 0 Å². The number of ether oxygens (including phenoxy) is 3. The Morgan fingerprint density at radius 2 is 1.96 bits per heavy atom. The van der Waals surface area contributed by atoms with Gasteiger partial charge >= 0.3 is 5.97 Å². The molecule has 9 heteroatoms. The van der Waals surface area contributed by atoms with E-state index >= 15 is 0 Å². The number of rotatable bonds is 9. The van der Waals surface area contributed by atoms with E-state index in [2.05, 4.69) is 15.5 Å². The first-order valence-corrected chi connectivity index (χ1v) is 9.07. The molecule has 3 rings (SSSR count). The van der Waals surface area contributed by atoms with Crippen LogP contribution in [0.25, 0.3) is 0 Å². The zero-order valence-corrected chi connectivity index (χ0v) is 15.1. The lowest BCUT2D eigenvalue weighted by Gasteiger charge is -2.26. The van der Waals surface area contributed by atoms with Crippen LogP contribution in [0.4, 0.5) is 5.69 Å². The molecule has 2 aliphatic rings. The number of amides is 1. The number of anilines is 1. The van der Waals surface area contributed by atoms with Crippen LogP contribution in [0.3, 0.4) is 0 Å². The lowest BCUT2D eigenvalue weighted by molar-refractivity contribution is -0.141. The van der Waals surface area contributed by atoms with Gasteiger partial charge in [-0.05, 0) is 31.6 Å². The Hall–Kier alpha value is -2.36. The maximum Gasteiger partial charge on any atom is 0.321 e. The Bertz CT molecular complexity index is 662. The molecule has 1 aromatic carbocycles. The summed E-state index contributed by atoms with van der Waals surface area (Å²) in [6, 6.07) is 4.13. The second-order valence-electron chi connectivity index (χ2n) is 6.47. The highest BCUT2D eigenvalue weighted by atomic mass is 16.7. The molecule has 1 fully saturated rings. The summed E-state index contributed by atoms with van der Waals surface area (Å²) >= 11 is 0. The number of carboxylic acid groups (broad SMARTS) is 1. The molecule has 0 spiro atoms. The van der Waals surface area contributed by atoms with E-state index in [0.717, 1.165) is 39.3 Å². The highest BCUT2D eigenvalue weighted by Crippen LogP contribution is 2.34. The highest BCUT2D eigenvalue weighted by molar-refractivity contribution is 5.94. The standard InChI is InChI=1S/C18H25N3O6/c22-17(20-13-2-3-15-16(10-13)27-12-26-15)11-14(18(23)24)19-4-1-5-21-6-8-25-9-7-21/h2-3,10,14,19H,1,4-9,11-12H2,(H,20,22)(H,23,24)/t14-/m0/s1. The lowest BCUT2D eigenvalue weighted by Crippen LogP contribution is -2.42. The molecule has 9 nitrogen and oxygen atoms in total. The number of carboxylic acids is 1. The van der Waals surface area contributed by atoms with Gasteiger partial charge in [-0.1, -0.05) is 0 Å². The molecular weight excluding hydrogens is 354 g/mol. The zero-order valence-electron chi connectivity index (χ0n) is 15.1. The van der Waals surface area contributed by atoms with Gasteiger partial charge in [0.15, 0.2) is 11.5 Å². The van der Waals surface area contributed by atoms with Crippen molar-refractivity contribution in [2.45, 2.75) is 18.9 Å². The molecule has 0 bridgehead atoms. The van der Waals surface area contributed by atoms with Gasteiger partial charge in [-0.2, -0.15) is 0 Å². The number of carbonyl (C=O) groups is 2. The van der Waals surface area contributed by atoms with Crippen molar-refractivity contribution >= 4 is 17.6 Å². The average molecular weight is 379 g/mol. The van der Waals surface area contributed by atoms with Crippen molar-refractivity contribution in [1.82, 2.24) is 10.2 Å². The average Bonchev–Trinajstić information content (AvgIpc) is 3.12. The molecule has 2 aliphatic heterocycles. The monoisotopic (exact) mass is 379 g/mol. The van der Waals surface area contributed by atoms with E-state index in [1.54, 1.807) is 18.2 Å². The molecule has 1 aromatic rings. The molecule has 0 aromatic heterocycles. The van der Waals surface area contributed by atoms with E-state index in [9.17, 15) is 14.7 Å². The van der Waals surface area contributed by atoms with Crippen LogP contribution >= 0.6 is 0 Å². The van der Waals surface area contributed by atoms with E-state index in [0.29, 0.717) is 23.7 Å². The molecule has 0 saturated carbocycles. The predicted molar refractivity (Wildman–Crippen MR) is 97.1 cm³/mol. The summed E-state index contributed by atoms with van der Waals surface area (Å²) in [7, 11) is 0. The fraction of sp³-hybridized carbons (Fsp3) is 0.556. The van der Waals surface area contributed by atoms with Crippen LogP contribution in [0.2, 0.25) is 0 Å². The minimum absolute atomic E-state index is 0.151. The summed E-state index contributed by atoms with van der Waals surface area (Å²) in [6.07, 6.45) is 0.662. The fourth-order valence-corrected chi connectivity index (χ4v) is 3.02. The summed E-state index contributed by atoms with van der Waals surface area (Å²) in [6.45, 7) is 4.86. The summed E-state index contributed by atoms with van der Waals surface area (Å²) in [5, 5.41) is 15.0. The van der Waals surface area contributed by atoms with Crippen LogP contribution in [-0.2, 0) is 14.3 Å². The SMILES string of the molecule is O=C(C[C@H](NCCCN1CCOCC1)C(=O)O)Nc1ccc2c(c1)OCO2. The summed E-state index contributed by atoms with van der Waals surface area (Å²) in [5.74, 6) is -0.230. The number of hydrogen-bond donors (Lipinski definition) is 3. The van der Waals surface area contributed by atoms with Crippen molar-refractivity contribution in [2.75, 3.05) is 51.5 Å². The number of carbonyl (C=O) groups excluding carboxylic acids is 1. The third-order valence-electron chi connectivity index (χ3n) is 4.49. The van der Waals surface area contributed by atoms with Crippen LogP contribution in [0.5, 0.6) is 11.5 Å². The molecule has 148 valence electrons. The Balaban J connectivity index is 1.41. The minimum Gasteiger partial charge on any atom is -0.480 e. The summed E-state index contributed by atoms with van der Waals surface area (Å²) in [4.78, 5) is 25.9. The number of hydrogen-bond acceptors (Lipinski definition) is 7. The van der Waals surface area contributed by atoms with Gasteiger partial charge in [-0.25, -0.2) is 0 Å². The van der Waals surface area contributed by atoms with E-state index in [-0.39, 0.29) is 19.1 Å². The highest BCUT2D eigenvalue weighted by Gasteiger charge is 2.21. The van der Waals surface area contributed by atoms with E-state index in [1.165, 1.54) is 0 Å². The van der Waals surface area contributed by atoms with Gasteiger partial charge in [0, 0.05) is 24.8 Å². The minimum atomic E-state index is -1.04. The van der Waals surface area contributed by atoms with Crippen LogP contribution in [0.1, 0.15) is 12.8 Å². The molecule has 1 amide bonds. The zero-order chi connectivity index (χ0) is 19.1.